The highest BCUT2D eigenvalue weighted by Gasteiger charge is 2.16. The van der Waals surface area contributed by atoms with E-state index in [0.717, 1.165) is 0 Å². The van der Waals surface area contributed by atoms with Crippen LogP contribution in [-0.4, -0.2) is 23.7 Å². The van der Waals surface area contributed by atoms with Gasteiger partial charge in [0.15, 0.2) is 6.61 Å². The molecule has 0 radical (unpaired) electrons. The molecule has 0 amide bonds. The van der Waals surface area contributed by atoms with Gasteiger partial charge in [-0.1, -0.05) is 18.2 Å². The van der Waals surface area contributed by atoms with Crippen molar-refractivity contribution in [2.24, 2.45) is 0 Å². The Labute approximate surface area is 100 Å². The first-order chi connectivity index (χ1) is 8.58. The van der Waals surface area contributed by atoms with Crippen LogP contribution in [0.15, 0.2) is 39.5 Å². The van der Waals surface area contributed by atoms with E-state index in [1.807, 2.05) is 0 Å². The first kappa shape index (κ1) is 11.8. The Kier molecular flexibility index (Phi) is 3.09. The number of carboxylic acids is 1. The Morgan fingerprint density at radius 2 is 2.00 bits per heavy atom. The largest absolute Gasteiger partial charge is 0.479 e. The fourth-order valence-corrected chi connectivity index (χ4v) is 1.41. The van der Waals surface area contributed by atoms with Crippen LogP contribution >= 0.6 is 0 Å². The molecule has 6 nitrogen and oxygen atoms in total. The molecule has 0 aliphatic carbocycles. The first-order valence-electron chi connectivity index (χ1n) is 5.00. The van der Waals surface area contributed by atoms with Crippen molar-refractivity contribution in [1.29, 1.82) is 0 Å². The van der Waals surface area contributed by atoms with Gasteiger partial charge in [-0.15, -0.1) is 0 Å². The van der Waals surface area contributed by atoms with Crippen molar-refractivity contribution in [1.82, 2.24) is 0 Å². The van der Waals surface area contributed by atoms with Crippen LogP contribution in [0.4, 0.5) is 0 Å². The normalized spacial score (nSPS) is 10.2. The van der Waals surface area contributed by atoms with Gasteiger partial charge >= 0.3 is 17.6 Å². The number of rotatable bonds is 3. The molecule has 2 aromatic rings. The van der Waals surface area contributed by atoms with Crippen molar-refractivity contribution in [3.8, 4) is 0 Å². The summed E-state index contributed by atoms with van der Waals surface area (Å²) in [6.07, 6.45) is 0. The van der Waals surface area contributed by atoms with E-state index in [9.17, 15) is 14.4 Å². The summed E-state index contributed by atoms with van der Waals surface area (Å²) >= 11 is 0. The van der Waals surface area contributed by atoms with E-state index in [1.165, 1.54) is 6.07 Å². The van der Waals surface area contributed by atoms with Gasteiger partial charge in [0.2, 0.25) is 0 Å². The highest BCUT2D eigenvalue weighted by Crippen LogP contribution is 2.12. The minimum Gasteiger partial charge on any atom is -0.479 e. The highest BCUT2D eigenvalue weighted by molar-refractivity contribution is 5.93. The SMILES string of the molecule is O=C(O)COC(=O)c1cc2ccccc2oc1=O. The second-order valence-corrected chi connectivity index (χ2v) is 3.46. The maximum Gasteiger partial charge on any atom is 0.351 e. The fraction of sp³-hybridized carbons (Fsp3) is 0.0833. The number of carbonyl (C=O) groups excluding carboxylic acids is 1. The summed E-state index contributed by atoms with van der Waals surface area (Å²) in [7, 11) is 0. The molecular formula is C12H8O6. The predicted octanol–water partition coefficient (Wildman–Crippen LogP) is 1.03. The molecule has 0 atom stereocenters. The Morgan fingerprint density at radius 1 is 1.28 bits per heavy atom. The molecule has 0 aliphatic rings. The van der Waals surface area contributed by atoms with Crippen LogP contribution in [0.2, 0.25) is 0 Å². The topological polar surface area (TPSA) is 93.8 Å². The molecule has 0 fully saturated rings. The van der Waals surface area contributed by atoms with Crippen LogP contribution < -0.4 is 5.63 Å². The van der Waals surface area contributed by atoms with Crippen LogP contribution in [0.1, 0.15) is 10.4 Å². The Hall–Kier alpha value is -2.63. The van der Waals surface area contributed by atoms with Gasteiger partial charge in [0.1, 0.15) is 11.1 Å². The molecule has 0 spiro atoms. The van der Waals surface area contributed by atoms with Crippen molar-refractivity contribution in [3.05, 3.63) is 46.3 Å². The molecule has 1 aromatic carbocycles. The van der Waals surface area contributed by atoms with Gasteiger partial charge in [0.05, 0.1) is 0 Å². The highest BCUT2D eigenvalue weighted by atomic mass is 16.6. The molecular weight excluding hydrogens is 240 g/mol. The molecule has 1 heterocycles. The Morgan fingerprint density at radius 3 is 2.72 bits per heavy atom. The summed E-state index contributed by atoms with van der Waals surface area (Å²) in [4.78, 5) is 33.2. The zero-order chi connectivity index (χ0) is 13.1. The number of aliphatic carboxylic acids is 1. The van der Waals surface area contributed by atoms with E-state index in [0.29, 0.717) is 11.0 Å². The molecule has 0 saturated heterocycles. The number of esters is 1. The number of fused-ring (bicyclic) bond motifs is 1. The molecule has 2 rings (SSSR count). The van der Waals surface area contributed by atoms with Crippen molar-refractivity contribution < 1.29 is 23.8 Å². The van der Waals surface area contributed by atoms with Crippen LogP contribution in [0.3, 0.4) is 0 Å². The molecule has 0 unspecified atom stereocenters. The van der Waals surface area contributed by atoms with E-state index < -0.39 is 24.2 Å². The Bertz CT molecular complexity index is 670. The summed E-state index contributed by atoms with van der Waals surface area (Å²) in [5.41, 5.74) is -0.837. The van der Waals surface area contributed by atoms with E-state index in [-0.39, 0.29) is 5.56 Å². The fourth-order valence-electron chi connectivity index (χ4n) is 1.41. The number of hydrogen-bond donors (Lipinski definition) is 1. The zero-order valence-electron chi connectivity index (χ0n) is 9.08. The van der Waals surface area contributed by atoms with Crippen molar-refractivity contribution in [3.63, 3.8) is 0 Å². The molecule has 18 heavy (non-hydrogen) atoms. The lowest BCUT2D eigenvalue weighted by atomic mass is 10.2. The smallest absolute Gasteiger partial charge is 0.351 e. The number of carboxylic acid groups (broad SMARTS) is 1. The maximum absolute atomic E-state index is 11.5. The maximum atomic E-state index is 11.5. The summed E-state index contributed by atoms with van der Waals surface area (Å²) in [6.45, 7) is -0.800. The van der Waals surface area contributed by atoms with E-state index >= 15 is 0 Å². The van der Waals surface area contributed by atoms with Gasteiger partial charge < -0.3 is 14.3 Å². The van der Waals surface area contributed by atoms with Gasteiger partial charge in [-0.2, -0.15) is 0 Å². The average molecular weight is 248 g/mol. The number of carbonyl (C=O) groups is 2. The minimum atomic E-state index is -1.30. The van der Waals surface area contributed by atoms with Gasteiger partial charge in [0, 0.05) is 5.39 Å². The summed E-state index contributed by atoms with van der Waals surface area (Å²) in [5, 5.41) is 8.93. The molecule has 0 aliphatic heterocycles. The standard InChI is InChI=1S/C12H8O6/c13-10(14)6-17-11(15)8-5-7-3-1-2-4-9(7)18-12(8)16/h1-5H,6H2,(H,13,14). The van der Waals surface area contributed by atoms with Crippen molar-refractivity contribution in [2.45, 2.75) is 0 Å². The Balaban J connectivity index is 2.38. The third-order valence-electron chi connectivity index (χ3n) is 2.19. The zero-order valence-corrected chi connectivity index (χ0v) is 9.08. The lowest BCUT2D eigenvalue weighted by Gasteiger charge is -2.02. The van der Waals surface area contributed by atoms with Crippen molar-refractivity contribution in [2.75, 3.05) is 6.61 Å². The molecule has 6 heteroatoms. The van der Waals surface area contributed by atoms with Crippen LogP contribution in [0.25, 0.3) is 11.0 Å². The summed E-state index contributed by atoms with van der Waals surface area (Å²) in [6, 6.07) is 7.96. The third kappa shape index (κ3) is 2.37. The number of ether oxygens (including phenoxy) is 1. The van der Waals surface area contributed by atoms with E-state index in [2.05, 4.69) is 4.74 Å². The molecule has 1 aromatic heterocycles. The van der Waals surface area contributed by atoms with Crippen LogP contribution in [0.5, 0.6) is 0 Å². The van der Waals surface area contributed by atoms with Crippen LogP contribution in [-0.2, 0) is 9.53 Å². The van der Waals surface area contributed by atoms with Gasteiger partial charge in [-0.25, -0.2) is 14.4 Å². The quantitative estimate of drug-likeness (QED) is 0.644. The molecule has 1 N–H and O–H groups in total. The second-order valence-electron chi connectivity index (χ2n) is 3.46. The van der Waals surface area contributed by atoms with E-state index in [1.54, 1.807) is 24.3 Å². The molecule has 92 valence electrons. The van der Waals surface area contributed by atoms with E-state index in [4.69, 9.17) is 9.52 Å². The molecule has 0 bridgehead atoms. The summed E-state index contributed by atoms with van der Waals surface area (Å²) in [5.74, 6) is -2.31. The van der Waals surface area contributed by atoms with Gasteiger partial charge in [0.25, 0.3) is 0 Å². The van der Waals surface area contributed by atoms with Gasteiger partial charge in [-0.05, 0) is 12.1 Å². The van der Waals surface area contributed by atoms with Crippen LogP contribution in [0, 0.1) is 0 Å². The van der Waals surface area contributed by atoms with Crippen molar-refractivity contribution >= 4 is 22.9 Å². The van der Waals surface area contributed by atoms with Gasteiger partial charge in [-0.3, -0.25) is 0 Å². The lowest BCUT2D eigenvalue weighted by Crippen LogP contribution is -2.19. The average Bonchev–Trinajstić information content (AvgIpc) is 2.35. The predicted molar refractivity (Wildman–Crippen MR) is 60.4 cm³/mol. The third-order valence-corrected chi connectivity index (χ3v) is 2.19. The summed E-state index contributed by atoms with van der Waals surface area (Å²) < 4.78 is 9.34. The number of benzene rings is 1. The number of hydrogen-bond acceptors (Lipinski definition) is 5. The minimum absolute atomic E-state index is 0.324. The monoisotopic (exact) mass is 248 g/mol. The number of para-hydroxylation sites is 1. The molecule has 0 saturated carbocycles. The second kappa shape index (κ2) is 4.70. The first-order valence-corrected chi connectivity index (χ1v) is 5.00. The lowest BCUT2D eigenvalue weighted by molar-refractivity contribution is -0.140.